The Morgan fingerprint density at radius 1 is 0.800 bits per heavy atom. The highest BCUT2D eigenvalue weighted by Crippen LogP contribution is 2.25. The lowest BCUT2D eigenvalue weighted by atomic mass is 9.96. The van der Waals surface area contributed by atoms with Crippen molar-refractivity contribution < 1.29 is 9.47 Å². The van der Waals surface area contributed by atoms with Gasteiger partial charge in [0.1, 0.15) is 0 Å². The van der Waals surface area contributed by atoms with Gasteiger partial charge in [-0.2, -0.15) is 0 Å². The Morgan fingerprint density at radius 2 is 1.30 bits per heavy atom. The van der Waals surface area contributed by atoms with Crippen LogP contribution < -0.4 is 0 Å². The number of ether oxygens (including phenoxy) is 2. The van der Waals surface area contributed by atoms with Crippen LogP contribution in [0.4, 0.5) is 0 Å². The molecule has 0 fully saturated rings. The summed E-state index contributed by atoms with van der Waals surface area (Å²) >= 11 is 0. The van der Waals surface area contributed by atoms with Crippen molar-refractivity contribution in [2.75, 3.05) is 13.2 Å². The molecule has 122 valence electrons. The molecule has 0 rings (SSSR count). The molecular formula is C18H38O2. The van der Waals surface area contributed by atoms with E-state index in [0.717, 1.165) is 45.3 Å². The largest absolute Gasteiger partial charge is 0.375 e. The van der Waals surface area contributed by atoms with Crippen LogP contribution in [-0.2, 0) is 9.47 Å². The number of hydrogen-bond donors (Lipinski definition) is 0. The molecule has 0 heterocycles. The number of rotatable bonds is 12. The summed E-state index contributed by atoms with van der Waals surface area (Å²) in [5.74, 6) is 0.709. The molecule has 0 saturated carbocycles. The average molecular weight is 286 g/mol. The zero-order valence-electron chi connectivity index (χ0n) is 15.1. The van der Waals surface area contributed by atoms with Gasteiger partial charge in [-0.1, -0.05) is 41.0 Å². The SMILES string of the molecule is CCCC(C)(CC)OCCC(C)(CC)OCCC(C)C. The van der Waals surface area contributed by atoms with E-state index in [2.05, 4.69) is 48.5 Å². The van der Waals surface area contributed by atoms with E-state index >= 15 is 0 Å². The predicted molar refractivity (Wildman–Crippen MR) is 88.3 cm³/mol. The normalized spacial score (nSPS) is 18.0. The first-order valence-corrected chi connectivity index (χ1v) is 8.58. The molecule has 0 N–H and O–H groups in total. The lowest BCUT2D eigenvalue weighted by molar-refractivity contribution is -0.0918. The van der Waals surface area contributed by atoms with Crippen LogP contribution in [0, 0.1) is 5.92 Å². The van der Waals surface area contributed by atoms with Crippen LogP contribution >= 0.6 is 0 Å². The summed E-state index contributed by atoms with van der Waals surface area (Å²) in [6.07, 6.45) is 6.57. The molecule has 0 radical (unpaired) electrons. The van der Waals surface area contributed by atoms with E-state index < -0.39 is 0 Å². The molecule has 2 heteroatoms. The maximum Gasteiger partial charge on any atom is 0.0673 e. The molecule has 2 atom stereocenters. The molecule has 0 amide bonds. The van der Waals surface area contributed by atoms with Gasteiger partial charge in [-0.15, -0.1) is 0 Å². The van der Waals surface area contributed by atoms with Crippen LogP contribution in [0.1, 0.15) is 87.0 Å². The zero-order valence-corrected chi connectivity index (χ0v) is 15.1. The van der Waals surface area contributed by atoms with Crippen LogP contribution in [0.15, 0.2) is 0 Å². The Kier molecular flexibility index (Phi) is 9.74. The Balaban J connectivity index is 4.15. The van der Waals surface area contributed by atoms with Crippen LogP contribution in [0.5, 0.6) is 0 Å². The van der Waals surface area contributed by atoms with Crippen molar-refractivity contribution in [2.45, 2.75) is 98.2 Å². The maximum absolute atomic E-state index is 6.16. The Hall–Kier alpha value is -0.0800. The predicted octanol–water partition coefficient (Wildman–Crippen LogP) is 5.59. The van der Waals surface area contributed by atoms with Crippen molar-refractivity contribution in [1.82, 2.24) is 0 Å². The van der Waals surface area contributed by atoms with Gasteiger partial charge in [-0.25, -0.2) is 0 Å². The second kappa shape index (κ2) is 9.78. The molecule has 0 aromatic carbocycles. The molecule has 2 unspecified atom stereocenters. The Labute approximate surface area is 127 Å². The van der Waals surface area contributed by atoms with E-state index in [9.17, 15) is 0 Å². The second-order valence-corrected chi connectivity index (χ2v) is 6.99. The van der Waals surface area contributed by atoms with Crippen molar-refractivity contribution in [3.63, 3.8) is 0 Å². The van der Waals surface area contributed by atoms with E-state index in [1.54, 1.807) is 0 Å². The van der Waals surface area contributed by atoms with Crippen LogP contribution in [0.25, 0.3) is 0 Å². The van der Waals surface area contributed by atoms with Crippen LogP contribution in [0.3, 0.4) is 0 Å². The van der Waals surface area contributed by atoms with Crippen LogP contribution in [-0.4, -0.2) is 24.4 Å². The van der Waals surface area contributed by atoms with Crippen molar-refractivity contribution in [3.8, 4) is 0 Å². The van der Waals surface area contributed by atoms with Gasteiger partial charge in [-0.3, -0.25) is 0 Å². The average Bonchev–Trinajstić information content (AvgIpc) is 2.38. The lowest BCUT2D eigenvalue weighted by Crippen LogP contribution is -2.34. The first-order valence-electron chi connectivity index (χ1n) is 8.58. The lowest BCUT2D eigenvalue weighted by Gasteiger charge is -2.33. The quantitative estimate of drug-likeness (QED) is 0.465. The third-order valence-corrected chi connectivity index (χ3v) is 4.50. The fourth-order valence-electron chi connectivity index (χ4n) is 2.29. The molecule has 0 aliphatic rings. The van der Waals surface area contributed by atoms with Crippen molar-refractivity contribution in [1.29, 1.82) is 0 Å². The molecule has 0 aromatic rings. The second-order valence-electron chi connectivity index (χ2n) is 6.99. The fraction of sp³-hybridized carbons (Fsp3) is 1.00. The van der Waals surface area contributed by atoms with Gasteiger partial charge in [0.25, 0.3) is 0 Å². The molecular weight excluding hydrogens is 248 g/mol. The Morgan fingerprint density at radius 3 is 1.75 bits per heavy atom. The van der Waals surface area contributed by atoms with E-state index in [4.69, 9.17) is 9.47 Å². The summed E-state index contributed by atoms with van der Waals surface area (Å²) in [5.41, 5.74) is 0.0110. The fourth-order valence-corrected chi connectivity index (χ4v) is 2.29. The minimum atomic E-state index is -0.0320. The van der Waals surface area contributed by atoms with Gasteiger partial charge in [0.15, 0.2) is 0 Å². The molecule has 0 saturated heterocycles. The van der Waals surface area contributed by atoms with E-state index in [1.165, 1.54) is 6.42 Å². The highest BCUT2D eigenvalue weighted by Gasteiger charge is 2.26. The van der Waals surface area contributed by atoms with Crippen molar-refractivity contribution in [3.05, 3.63) is 0 Å². The third-order valence-electron chi connectivity index (χ3n) is 4.50. The number of hydrogen-bond acceptors (Lipinski definition) is 2. The van der Waals surface area contributed by atoms with Gasteiger partial charge in [0, 0.05) is 6.61 Å². The monoisotopic (exact) mass is 286 g/mol. The van der Waals surface area contributed by atoms with Gasteiger partial charge >= 0.3 is 0 Å². The molecule has 0 aromatic heterocycles. The minimum Gasteiger partial charge on any atom is -0.375 e. The summed E-state index contributed by atoms with van der Waals surface area (Å²) in [6, 6.07) is 0. The summed E-state index contributed by atoms with van der Waals surface area (Å²) in [7, 11) is 0. The molecule has 2 nitrogen and oxygen atoms in total. The van der Waals surface area contributed by atoms with E-state index in [1.807, 2.05) is 0 Å². The van der Waals surface area contributed by atoms with Crippen LogP contribution in [0.2, 0.25) is 0 Å². The summed E-state index contributed by atoms with van der Waals surface area (Å²) < 4.78 is 12.3. The Bertz CT molecular complexity index is 240. The van der Waals surface area contributed by atoms with E-state index in [-0.39, 0.29) is 11.2 Å². The summed E-state index contributed by atoms with van der Waals surface area (Å²) in [6.45, 7) is 17.3. The van der Waals surface area contributed by atoms with Gasteiger partial charge in [-0.05, 0) is 51.9 Å². The van der Waals surface area contributed by atoms with Gasteiger partial charge in [0.2, 0.25) is 0 Å². The highest BCUT2D eigenvalue weighted by atomic mass is 16.5. The van der Waals surface area contributed by atoms with Crippen molar-refractivity contribution >= 4 is 0 Å². The summed E-state index contributed by atoms with van der Waals surface area (Å²) in [4.78, 5) is 0. The molecule has 20 heavy (non-hydrogen) atoms. The highest BCUT2D eigenvalue weighted by molar-refractivity contribution is 4.76. The first kappa shape index (κ1) is 19.9. The third kappa shape index (κ3) is 8.26. The molecule has 0 aliphatic heterocycles. The molecule has 0 spiro atoms. The maximum atomic E-state index is 6.16. The zero-order chi connectivity index (χ0) is 15.6. The first-order chi connectivity index (χ1) is 9.31. The standard InChI is InChI=1S/C18H38O2/c1-8-12-17(6,9-2)20-15-13-18(7,10-3)19-14-11-16(4)5/h16H,8-15H2,1-7H3. The minimum absolute atomic E-state index is 0.0320. The molecule has 0 aliphatic carbocycles. The summed E-state index contributed by atoms with van der Waals surface area (Å²) in [5, 5.41) is 0. The van der Waals surface area contributed by atoms with E-state index in [0.29, 0.717) is 5.92 Å². The smallest absolute Gasteiger partial charge is 0.0673 e. The van der Waals surface area contributed by atoms with Crippen molar-refractivity contribution in [2.24, 2.45) is 5.92 Å². The van der Waals surface area contributed by atoms with Gasteiger partial charge < -0.3 is 9.47 Å². The topological polar surface area (TPSA) is 18.5 Å². The molecule has 0 bridgehead atoms. The van der Waals surface area contributed by atoms with Gasteiger partial charge in [0.05, 0.1) is 17.8 Å².